The van der Waals surface area contributed by atoms with Crippen LogP contribution in [0.25, 0.3) is 22.3 Å². The van der Waals surface area contributed by atoms with Crippen molar-refractivity contribution < 1.29 is 14.7 Å². The summed E-state index contributed by atoms with van der Waals surface area (Å²) >= 11 is 0. The highest BCUT2D eigenvalue weighted by Gasteiger charge is 2.46. The number of carbonyl (C=O) groups excluding carboxylic acids is 1. The Morgan fingerprint density at radius 2 is 1.71 bits per heavy atom. The van der Waals surface area contributed by atoms with E-state index < -0.39 is 5.97 Å². The van der Waals surface area contributed by atoms with Gasteiger partial charge >= 0.3 is 5.97 Å². The maximum absolute atomic E-state index is 13.2. The van der Waals surface area contributed by atoms with Crippen LogP contribution in [0.2, 0.25) is 0 Å². The fourth-order valence-electron chi connectivity index (χ4n) is 5.20. The van der Waals surface area contributed by atoms with Crippen LogP contribution in [-0.2, 0) is 11.2 Å². The van der Waals surface area contributed by atoms with Crippen molar-refractivity contribution in [2.45, 2.75) is 38.5 Å². The topological polar surface area (TPSA) is 113 Å². The smallest absolute Gasteiger partial charge is 0.303 e. The molecule has 0 bridgehead atoms. The van der Waals surface area contributed by atoms with Gasteiger partial charge in [-0.25, -0.2) is 15.0 Å². The molecule has 0 saturated carbocycles. The summed E-state index contributed by atoms with van der Waals surface area (Å²) in [6.45, 7) is 3.33. The van der Waals surface area contributed by atoms with Crippen LogP contribution in [-0.4, -0.2) is 63.0 Å². The van der Waals surface area contributed by atoms with Gasteiger partial charge in [-0.2, -0.15) is 0 Å². The van der Waals surface area contributed by atoms with Crippen LogP contribution in [0.1, 0.15) is 48.2 Å². The lowest BCUT2D eigenvalue weighted by Gasteiger charge is -2.53. The zero-order valence-corrected chi connectivity index (χ0v) is 19.8. The van der Waals surface area contributed by atoms with Gasteiger partial charge in [-0.15, -0.1) is 0 Å². The maximum Gasteiger partial charge on any atom is 0.303 e. The number of amides is 1. The van der Waals surface area contributed by atoms with E-state index in [2.05, 4.69) is 0 Å². The number of nitrogens with two attached hydrogens (primary N) is 1. The number of rotatable bonds is 7. The van der Waals surface area contributed by atoms with Crippen molar-refractivity contribution in [3.8, 4) is 11.3 Å². The summed E-state index contributed by atoms with van der Waals surface area (Å²) in [4.78, 5) is 35.8. The zero-order chi connectivity index (χ0) is 24.4. The molecule has 35 heavy (non-hydrogen) atoms. The van der Waals surface area contributed by atoms with Gasteiger partial charge in [0.2, 0.25) is 0 Å². The normalized spacial score (nSPS) is 17.5. The second-order valence-corrected chi connectivity index (χ2v) is 9.89. The minimum Gasteiger partial charge on any atom is -0.481 e. The Balaban J connectivity index is 1.38. The minimum absolute atomic E-state index is 0.0321. The maximum atomic E-state index is 13.2. The van der Waals surface area contributed by atoms with Crippen LogP contribution in [0, 0.1) is 5.41 Å². The lowest BCUT2D eigenvalue weighted by molar-refractivity contribution is -0.137. The van der Waals surface area contributed by atoms with E-state index in [1.165, 1.54) is 0 Å². The number of aliphatic carboxylic acids is 1. The van der Waals surface area contributed by atoms with E-state index in [0.717, 1.165) is 61.5 Å². The van der Waals surface area contributed by atoms with Crippen LogP contribution < -0.4 is 5.84 Å². The van der Waals surface area contributed by atoms with Gasteiger partial charge in [0.1, 0.15) is 0 Å². The quantitative estimate of drug-likeness (QED) is 0.399. The molecule has 2 aliphatic heterocycles. The highest BCUT2D eigenvalue weighted by atomic mass is 16.4. The molecule has 8 heteroatoms. The summed E-state index contributed by atoms with van der Waals surface area (Å²) in [6.07, 6.45) is 4.13. The fraction of sp³-hybridized carbons (Fsp3) is 0.407. The van der Waals surface area contributed by atoms with Crippen molar-refractivity contribution in [3.63, 3.8) is 0 Å². The van der Waals surface area contributed by atoms with E-state index in [0.29, 0.717) is 30.3 Å². The molecule has 0 radical (unpaired) electrons. The summed E-state index contributed by atoms with van der Waals surface area (Å²) in [5, 5.41) is 10.8. The number of carbonyl (C=O) groups is 2. The van der Waals surface area contributed by atoms with Crippen molar-refractivity contribution in [3.05, 3.63) is 59.8 Å². The van der Waals surface area contributed by atoms with Gasteiger partial charge in [-0.3, -0.25) is 15.4 Å². The van der Waals surface area contributed by atoms with Crippen LogP contribution >= 0.6 is 0 Å². The number of fused-ring (bicyclic) bond motifs is 1. The number of aryl methyl sites for hydroxylation is 1. The predicted octanol–water partition coefficient (Wildman–Crippen LogP) is 3.51. The molecule has 2 fully saturated rings. The van der Waals surface area contributed by atoms with Gasteiger partial charge in [0.25, 0.3) is 5.91 Å². The number of hydrazine groups is 1. The number of piperidine rings is 1. The largest absolute Gasteiger partial charge is 0.481 e. The Morgan fingerprint density at radius 3 is 2.43 bits per heavy atom. The highest BCUT2D eigenvalue weighted by molar-refractivity contribution is 5.98. The Kier molecular flexibility index (Phi) is 6.49. The number of unbranched alkanes of at least 4 members (excludes halogenated alkanes) is 1. The lowest BCUT2D eigenvalue weighted by Crippen LogP contribution is -2.62. The molecule has 2 aliphatic rings. The predicted molar refractivity (Wildman–Crippen MR) is 133 cm³/mol. The Bertz CT molecular complexity index is 1230. The molecule has 5 rings (SSSR count). The van der Waals surface area contributed by atoms with Gasteiger partial charge < -0.3 is 10.0 Å². The Morgan fingerprint density at radius 1 is 0.971 bits per heavy atom. The van der Waals surface area contributed by atoms with Crippen molar-refractivity contribution in [1.82, 2.24) is 19.9 Å². The third-order valence-corrected chi connectivity index (χ3v) is 7.28. The SMILES string of the molecule is NN1CCC2(CC1)CN(C(=O)c1ccc3nc(-c4ccccc4)c(CCCCC(=O)O)nc3c1)C2. The first-order valence-electron chi connectivity index (χ1n) is 12.3. The summed E-state index contributed by atoms with van der Waals surface area (Å²) in [5.41, 5.74) is 4.89. The number of carboxylic acids is 1. The molecular weight excluding hydrogens is 442 g/mol. The van der Waals surface area contributed by atoms with Crippen molar-refractivity contribution >= 4 is 22.9 Å². The van der Waals surface area contributed by atoms with Crippen LogP contribution in [0.15, 0.2) is 48.5 Å². The second-order valence-electron chi connectivity index (χ2n) is 9.89. The van der Waals surface area contributed by atoms with E-state index in [4.69, 9.17) is 20.9 Å². The van der Waals surface area contributed by atoms with Crippen molar-refractivity contribution in [2.24, 2.45) is 11.3 Å². The van der Waals surface area contributed by atoms with Gasteiger partial charge in [-0.05, 0) is 50.3 Å². The standard InChI is InChI=1S/C27H31N5O3/c28-32-14-12-27(13-15-32)17-31(18-27)26(35)20-10-11-21-23(16-20)29-22(8-4-5-9-24(33)34)25(30-21)19-6-2-1-3-7-19/h1-3,6-7,10-11,16H,4-5,8-9,12-15,17-18,28H2,(H,33,34). The minimum atomic E-state index is -0.789. The molecule has 1 spiro atoms. The number of likely N-dealkylation sites (tertiary alicyclic amines) is 1. The van der Waals surface area contributed by atoms with E-state index in [-0.39, 0.29) is 17.7 Å². The van der Waals surface area contributed by atoms with E-state index >= 15 is 0 Å². The Labute approximate surface area is 204 Å². The molecule has 182 valence electrons. The number of hydrogen-bond acceptors (Lipinski definition) is 6. The number of hydrogen-bond donors (Lipinski definition) is 2. The highest BCUT2D eigenvalue weighted by Crippen LogP contribution is 2.40. The summed E-state index contributed by atoms with van der Waals surface area (Å²) in [6, 6.07) is 15.5. The molecule has 0 atom stereocenters. The molecule has 3 N–H and O–H groups in total. The fourth-order valence-corrected chi connectivity index (χ4v) is 5.20. The molecular formula is C27H31N5O3. The summed E-state index contributed by atoms with van der Waals surface area (Å²) < 4.78 is 0. The molecule has 2 aromatic carbocycles. The van der Waals surface area contributed by atoms with Crippen LogP contribution in [0.4, 0.5) is 0 Å². The molecule has 3 heterocycles. The third kappa shape index (κ3) is 5.04. The van der Waals surface area contributed by atoms with Gasteiger partial charge in [0, 0.05) is 49.1 Å². The third-order valence-electron chi connectivity index (χ3n) is 7.28. The molecule has 3 aromatic rings. The molecule has 1 aromatic heterocycles. The Hall–Kier alpha value is -3.36. The molecule has 8 nitrogen and oxygen atoms in total. The average molecular weight is 474 g/mol. The number of benzene rings is 2. The van der Waals surface area contributed by atoms with Crippen LogP contribution in [0.5, 0.6) is 0 Å². The first kappa shape index (κ1) is 23.4. The van der Waals surface area contributed by atoms with Crippen molar-refractivity contribution in [2.75, 3.05) is 26.2 Å². The lowest BCUT2D eigenvalue weighted by atomic mass is 9.72. The first-order chi connectivity index (χ1) is 16.9. The summed E-state index contributed by atoms with van der Waals surface area (Å²) in [7, 11) is 0. The van der Waals surface area contributed by atoms with E-state index in [1.54, 1.807) is 0 Å². The second kappa shape index (κ2) is 9.71. The van der Waals surface area contributed by atoms with Crippen LogP contribution in [0.3, 0.4) is 0 Å². The monoisotopic (exact) mass is 473 g/mol. The first-order valence-corrected chi connectivity index (χ1v) is 12.3. The van der Waals surface area contributed by atoms with Gasteiger partial charge in [-0.1, -0.05) is 30.3 Å². The van der Waals surface area contributed by atoms with Gasteiger partial charge in [0.05, 0.1) is 22.4 Å². The van der Waals surface area contributed by atoms with Gasteiger partial charge in [0.15, 0.2) is 0 Å². The zero-order valence-electron chi connectivity index (χ0n) is 19.8. The molecule has 1 amide bonds. The molecule has 0 unspecified atom stereocenters. The average Bonchev–Trinajstić information content (AvgIpc) is 2.85. The van der Waals surface area contributed by atoms with Crippen molar-refractivity contribution in [1.29, 1.82) is 0 Å². The number of aromatic nitrogens is 2. The van der Waals surface area contributed by atoms with E-state index in [9.17, 15) is 9.59 Å². The molecule has 0 aliphatic carbocycles. The number of carboxylic acid groups (broad SMARTS) is 1. The van der Waals surface area contributed by atoms with E-state index in [1.807, 2.05) is 58.4 Å². The molecule has 2 saturated heterocycles. The summed E-state index contributed by atoms with van der Waals surface area (Å²) in [5.74, 6) is 5.14. The number of nitrogens with zero attached hydrogens (tertiary/aromatic N) is 4.